The molecule has 0 bridgehead atoms. The van der Waals surface area contributed by atoms with Crippen LogP contribution in [-0.2, 0) is 21.7 Å². The number of benzene rings is 7. The minimum atomic E-state index is -0.0568. The molecule has 1 atom stereocenters. The summed E-state index contributed by atoms with van der Waals surface area (Å²) in [5, 5.41) is 5.09. The minimum Gasteiger partial charge on any atom is -0.458 e. The first-order chi connectivity index (χ1) is 32.0. The monoisotopic (exact) mass is 894 g/mol. The van der Waals surface area contributed by atoms with Crippen LogP contribution in [0.15, 0.2) is 127 Å². The molecule has 0 saturated heterocycles. The number of nitrogens with zero attached hydrogens (tertiary/aromatic N) is 3. The van der Waals surface area contributed by atoms with Crippen molar-refractivity contribution < 1.29 is 4.74 Å². The molecule has 0 amide bonds. The van der Waals surface area contributed by atoms with Crippen molar-refractivity contribution in [1.29, 1.82) is 0 Å². The molecule has 2 aliphatic rings. The van der Waals surface area contributed by atoms with E-state index in [-0.39, 0.29) is 34.4 Å². The highest BCUT2D eigenvalue weighted by Crippen LogP contribution is 2.46. The zero-order chi connectivity index (χ0) is 48.1. The molecule has 0 N–H and O–H groups in total. The first-order valence-electron chi connectivity index (χ1n) is 25.1. The largest absolute Gasteiger partial charge is 0.458 e. The third-order valence-electron chi connectivity index (χ3n) is 15.5. The normalized spacial score (nSPS) is 14.3. The molecule has 9 aromatic rings. The van der Waals surface area contributed by atoms with Crippen LogP contribution in [0, 0.1) is 5.92 Å². The number of fused-ring (bicyclic) bond motifs is 10. The molecule has 1 unspecified atom stereocenters. The SMILES string of the molecule is CC(C)C(C)N(c1ccc(C(C)(C)C)cc1)c1cccc2c3ccccc3n(-c3cc4c5c(c3)-n3c6ccc(C(C)(C)C)cc6c6cc(C(C)(C)C)cc(c63)B5c3cc(C(C)(C)C)ccc3O4)c12. The molecule has 0 radical (unpaired) electrons. The fourth-order valence-corrected chi connectivity index (χ4v) is 11.2. The Morgan fingerprint density at radius 1 is 0.471 bits per heavy atom. The number of hydrogen-bond donors (Lipinski definition) is 0. The lowest BCUT2D eigenvalue weighted by atomic mass is 9.34. The number of anilines is 2. The molecule has 5 heteroatoms. The summed E-state index contributed by atoms with van der Waals surface area (Å²) in [5.74, 6) is 2.25. The minimum absolute atomic E-state index is 0.00306. The Hall–Kier alpha value is -6.20. The molecule has 2 aromatic heterocycles. The van der Waals surface area contributed by atoms with E-state index in [0.717, 1.165) is 17.2 Å². The van der Waals surface area contributed by atoms with E-state index in [1.165, 1.54) is 99.3 Å². The third-order valence-corrected chi connectivity index (χ3v) is 15.5. The van der Waals surface area contributed by atoms with E-state index in [1.807, 2.05) is 0 Å². The van der Waals surface area contributed by atoms with E-state index in [1.54, 1.807) is 0 Å². The van der Waals surface area contributed by atoms with Gasteiger partial charge in [0.15, 0.2) is 0 Å². The summed E-state index contributed by atoms with van der Waals surface area (Å²) in [5.41, 5.74) is 18.7. The predicted octanol–water partition coefficient (Wildman–Crippen LogP) is 15.2. The van der Waals surface area contributed by atoms with Gasteiger partial charge < -0.3 is 18.8 Å². The smallest absolute Gasteiger partial charge is 0.256 e. The second kappa shape index (κ2) is 14.9. The molecule has 68 heavy (non-hydrogen) atoms. The van der Waals surface area contributed by atoms with Crippen molar-refractivity contribution in [3.8, 4) is 22.9 Å². The Morgan fingerprint density at radius 3 is 1.74 bits per heavy atom. The van der Waals surface area contributed by atoms with E-state index >= 15 is 0 Å². The van der Waals surface area contributed by atoms with E-state index in [2.05, 4.69) is 245 Å². The Labute approximate surface area is 405 Å². The van der Waals surface area contributed by atoms with Crippen LogP contribution >= 0.6 is 0 Å². The van der Waals surface area contributed by atoms with Gasteiger partial charge in [0.1, 0.15) is 11.5 Å². The molecule has 2 aliphatic heterocycles. The second-order valence-corrected chi connectivity index (χ2v) is 24.6. The quantitative estimate of drug-likeness (QED) is 0.161. The molecule has 344 valence electrons. The molecule has 0 aliphatic carbocycles. The summed E-state index contributed by atoms with van der Waals surface area (Å²) < 4.78 is 12.5. The average molecular weight is 894 g/mol. The van der Waals surface area contributed by atoms with Gasteiger partial charge in [0.05, 0.1) is 27.9 Å². The molecule has 7 aromatic carbocycles. The van der Waals surface area contributed by atoms with Crippen LogP contribution in [0.1, 0.15) is 126 Å². The van der Waals surface area contributed by atoms with E-state index < -0.39 is 0 Å². The van der Waals surface area contributed by atoms with Crippen LogP contribution in [0.5, 0.6) is 11.5 Å². The van der Waals surface area contributed by atoms with Gasteiger partial charge in [-0.15, -0.1) is 0 Å². The lowest BCUT2D eigenvalue weighted by molar-refractivity contribution is 0.486. The standard InChI is InChI=1S/C63H68BN3O/c1-37(2)38(3)65(43-27-23-39(24-28-43)60(4,5)6)53-22-18-20-46-45-19-16-17-21-51(45)66(59(46)53)44-35-54-57-56(36-44)68-55-30-26-41(62(10,11)12)33-49(55)64(57)50-34-42(63(13,14)15)32-48-47-31-40(61(7,8)9)25-29-52(47)67(54)58(48)50/h16-38H,1-15H3. The summed E-state index contributed by atoms with van der Waals surface area (Å²) >= 11 is 0. The van der Waals surface area contributed by atoms with Crippen LogP contribution in [0.3, 0.4) is 0 Å². The Bertz CT molecular complexity index is 3520. The maximum atomic E-state index is 7.33. The first kappa shape index (κ1) is 44.3. The fourth-order valence-electron chi connectivity index (χ4n) is 11.2. The third kappa shape index (κ3) is 6.77. The Kier molecular flexibility index (Phi) is 9.71. The maximum Gasteiger partial charge on any atom is 0.256 e. The van der Waals surface area contributed by atoms with Crippen molar-refractivity contribution in [2.24, 2.45) is 5.92 Å². The van der Waals surface area contributed by atoms with Gasteiger partial charge in [-0.1, -0.05) is 164 Å². The van der Waals surface area contributed by atoms with Crippen LogP contribution in [0.4, 0.5) is 11.4 Å². The van der Waals surface area contributed by atoms with Crippen LogP contribution in [-0.4, -0.2) is 21.9 Å². The average Bonchev–Trinajstić information content (AvgIpc) is 3.80. The Balaban J connectivity index is 1.26. The highest BCUT2D eigenvalue weighted by Gasteiger charge is 2.42. The maximum absolute atomic E-state index is 7.33. The Morgan fingerprint density at radius 2 is 1.06 bits per heavy atom. The van der Waals surface area contributed by atoms with Gasteiger partial charge in [-0.2, -0.15) is 0 Å². The van der Waals surface area contributed by atoms with Crippen molar-refractivity contribution in [2.45, 2.75) is 132 Å². The van der Waals surface area contributed by atoms with Crippen molar-refractivity contribution in [1.82, 2.24) is 9.13 Å². The second-order valence-electron chi connectivity index (χ2n) is 24.6. The molecule has 0 spiro atoms. The summed E-state index contributed by atoms with van der Waals surface area (Å²) in [6.45, 7) is 34.9. The van der Waals surface area contributed by atoms with Gasteiger partial charge in [0.25, 0.3) is 6.71 Å². The van der Waals surface area contributed by atoms with Crippen molar-refractivity contribution in [3.63, 3.8) is 0 Å². The van der Waals surface area contributed by atoms with Crippen molar-refractivity contribution in [3.05, 3.63) is 150 Å². The van der Waals surface area contributed by atoms with Crippen LogP contribution in [0.2, 0.25) is 0 Å². The predicted molar refractivity (Wildman–Crippen MR) is 294 cm³/mol. The molecular weight excluding hydrogens is 826 g/mol. The van der Waals surface area contributed by atoms with Crippen LogP contribution < -0.4 is 26.0 Å². The lowest BCUT2D eigenvalue weighted by Gasteiger charge is -2.36. The first-order valence-corrected chi connectivity index (χ1v) is 25.1. The summed E-state index contributed by atoms with van der Waals surface area (Å²) in [7, 11) is 0. The van der Waals surface area contributed by atoms with Gasteiger partial charge in [-0.25, -0.2) is 0 Å². The summed E-state index contributed by atoms with van der Waals surface area (Å²) in [6.07, 6.45) is 0. The number of para-hydroxylation sites is 2. The topological polar surface area (TPSA) is 22.3 Å². The fraction of sp³-hybridized carbons (Fsp3) is 0.333. The lowest BCUT2D eigenvalue weighted by Crippen LogP contribution is -2.58. The van der Waals surface area contributed by atoms with Gasteiger partial charge in [0.2, 0.25) is 0 Å². The highest BCUT2D eigenvalue weighted by atomic mass is 16.5. The van der Waals surface area contributed by atoms with Gasteiger partial charge in [-0.3, -0.25) is 0 Å². The van der Waals surface area contributed by atoms with Crippen molar-refractivity contribution >= 4 is 78.1 Å². The molecule has 4 nitrogen and oxygen atoms in total. The van der Waals surface area contributed by atoms with Gasteiger partial charge in [0, 0.05) is 50.5 Å². The molecule has 0 saturated carbocycles. The van der Waals surface area contributed by atoms with E-state index in [9.17, 15) is 0 Å². The molecule has 11 rings (SSSR count). The number of hydrogen-bond acceptors (Lipinski definition) is 2. The van der Waals surface area contributed by atoms with Crippen molar-refractivity contribution in [2.75, 3.05) is 4.90 Å². The number of aromatic nitrogens is 2. The highest BCUT2D eigenvalue weighted by molar-refractivity contribution is 6.99. The van der Waals surface area contributed by atoms with Gasteiger partial charge in [-0.05, 0) is 128 Å². The van der Waals surface area contributed by atoms with E-state index in [0.29, 0.717) is 5.92 Å². The summed E-state index contributed by atoms with van der Waals surface area (Å²) in [4.78, 5) is 2.59. The zero-order valence-electron chi connectivity index (χ0n) is 43.1. The van der Waals surface area contributed by atoms with Gasteiger partial charge >= 0.3 is 0 Å². The number of ether oxygens (including phenoxy) is 1. The van der Waals surface area contributed by atoms with E-state index in [4.69, 9.17) is 4.74 Å². The zero-order valence-corrected chi connectivity index (χ0v) is 43.1. The number of rotatable bonds is 5. The molecular formula is C63H68BN3O. The molecule has 0 fully saturated rings. The van der Waals surface area contributed by atoms with Crippen LogP contribution in [0.25, 0.3) is 55.0 Å². The summed E-state index contributed by atoms with van der Waals surface area (Å²) in [6, 6.07) is 49.5. The molecule has 4 heterocycles.